The molecule has 3 nitrogen and oxygen atoms in total. The summed E-state index contributed by atoms with van der Waals surface area (Å²) in [6, 6.07) is 0. The Bertz CT molecular complexity index is 159. The molecule has 0 fully saturated rings. The maximum atomic E-state index is 9.36. The van der Waals surface area contributed by atoms with Crippen LogP contribution in [0.5, 0.6) is 0 Å². The van der Waals surface area contributed by atoms with Gasteiger partial charge in [0.2, 0.25) is 0 Å². The normalized spacial score (nSPS) is 9.21. The van der Waals surface area contributed by atoms with Gasteiger partial charge in [-0.1, -0.05) is 87.3 Å². The van der Waals surface area contributed by atoms with E-state index in [0.717, 1.165) is 6.42 Å². The van der Waals surface area contributed by atoms with E-state index in [1.807, 2.05) is 0 Å². The third-order valence-electron chi connectivity index (χ3n) is 2.63. The van der Waals surface area contributed by atoms with E-state index < -0.39 is 5.97 Å². The van der Waals surface area contributed by atoms with Crippen molar-refractivity contribution in [1.82, 2.24) is 0 Å². The van der Waals surface area contributed by atoms with E-state index in [4.69, 9.17) is 10.2 Å². The number of hydrogen-bond acceptors (Lipinski definition) is 2. The van der Waals surface area contributed by atoms with Crippen LogP contribution in [-0.4, -0.2) is 56.8 Å². The monoisotopic (exact) mass is 396 g/mol. The molecule has 0 unspecified atom stereocenters. The molecule has 0 amide bonds. The van der Waals surface area contributed by atoms with Gasteiger partial charge in [0.15, 0.2) is 0 Å². The number of aliphatic hydroxyl groups excluding tert-OH is 1. The summed E-state index contributed by atoms with van der Waals surface area (Å²) in [4.78, 5) is 9.36. The zero-order valence-corrected chi connectivity index (χ0v) is 13.8. The third-order valence-corrected chi connectivity index (χ3v) is 3.28. The van der Waals surface area contributed by atoms with Crippen LogP contribution in [0, 0.1) is 0 Å². The van der Waals surface area contributed by atoms with Crippen molar-refractivity contribution in [3.8, 4) is 0 Å². The van der Waals surface area contributed by atoms with Crippen molar-refractivity contribution in [1.29, 1.82) is 0 Å². The standard InChI is InChI=1S/C12H26O.C2H3IO2.Na.H/c1-2-3-4-5-6-7-8-9-10-11-12-13;3-1-2(4)5;;/h13H,2-12H2,1H3;1H2,(H,4,5);;. The summed E-state index contributed by atoms with van der Waals surface area (Å²) in [5.74, 6) is -0.759. The molecule has 0 aromatic heterocycles. The SMILES string of the molecule is CCCCCCCCCCCCO.O=C(O)CI.[NaH]. The second-order valence-electron chi connectivity index (χ2n) is 4.43. The van der Waals surface area contributed by atoms with E-state index in [9.17, 15) is 4.79 Å². The van der Waals surface area contributed by atoms with Crippen LogP contribution in [0.4, 0.5) is 0 Å². The fraction of sp³-hybridized carbons (Fsp3) is 0.929. The first-order valence-corrected chi connectivity index (χ1v) is 8.60. The second-order valence-corrected chi connectivity index (χ2v) is 5.20. The molecule has 0 saturated carbocycles. The molecule has 0 aromatic rings. The molecule has 2 N–H and O–H groups in total. The van der Waals surface area contributed by atoms with Gasteiger partial charge in [-0.3, -0.25) is 4.79 Å². The van der Waals surface area contributed by atoms with Crippen LogP contribution in [0.15, 0.2) is 0 Å². The number of halogens is 1. The number of aliphatic hydroxyl groups is 1. The van der Waals surface area contributed by atoms with E-state index >= 15 is 0 Å². The topological polar surface area (TPSA) is 57.5 Å². The van der Waals surface area contributed by atoms with Gasteiger partial charge >= 0.3 is 35.5 Å². The average Bonchev–Trinajstić information content (AvgIpc) is 2.37. The first kappa shape index (κ1) is 25.1. The van der Waals surface area contributed by atoms with Gasteiger partial charge in [0.1, 0.15) is 0 Å². The van der Waals surface area contributed by atoms with Gasteiger partial charge in [-0.05, 0) is 6.42 Å². The summed E-state index contributed by atoms with van der Waals surface area (Å²) in [7, 11) is 0. The quantitative estimate of drug-likeness (QED) is 0.242. The molecule has 0 heterocycles. The van der Waals surface area contributed by atoms with Crippen LogP contribution in [0.3, 0.4) is 0 Å². The Balaban J connectivity index is -0.000000366. The van der Waals surface area contributed by atoms with Crippen LogP contribution in [0.25, 0.3) is 0 Å². The van der Waals surface area contributed by atoms with E-state index in [1.165, 1.54) is 57.8 Å². The van der Waals surface area contributed by atoms with Gasteiger partial charge in [-0.15, -0.1) is 0 Å². The Morgan fingerprint density at radius 2 is 1.21 bits per heavy atom. The van der Waals surface area contributed by atoms with E-state index in [-0.39, 0.29) is 34.0 Å². The Hall–Kier alpha value is 1.16. The molecule has 0 saturated heterocycles. The van der Waals surface area contributed by atoms with Crippen molar-refractivity contribution in [2.75, 3.05) is 11.0 Å². The molecule has 0 aliphatic carbocycles. The Morgan fingerprint density at radius 1 is 0.895 bits per heavy atom. The molecule has 112 valence electrons. The van der Waals surface area contributed by atoms with Crippen LogP contribution in [0.1, 0.15) is 71.1 Å². The summed E-state index contributed by atoms with van der Waals surface area (Å²) >= 11 is 1.78. The van der Waals surface area contributed by atoms with E-state index in [1.54, 1.807) is 22.6 Å². The first-order chi connectivity index (χ1) is 8.68. The first-order valence-electron chi connectivity index (χ1n) is 7.07. The van der Waals surface area contributed by atoms with Crippen molar-refractivity contribution >= 4 is 58.1 Å². The fourth-order valence-corrected chi connectivity index (χ4v) is 1.60. The molecule has 0 radical (unpaired) electrons. The third kappa shape index (κ3) is 32.6. The van der Waals surface area contributed by atoms with Crippen molar-refractivity contribution in [2.45, 2.75) is 71.1 Å². The number of aliphatic carboxylic acids is 1. The van der Waals surface area contributed by atoms with Crippen LogP contribution in [-0.2, 0) is 4.79 Å². The molecular formula is C14H30INaO3. The zero-order valence-electron chi connectivity index (χ0n) is 11.7. The zero-order chi connectivity index (χ0) is 14.1. The molecule has 0 bridgehead atoms. The average molecular weight is 396 g/mol. The second kappa shape index (κ2) is 24.2. The number of carboxylic acids is 1. The van der Waals surface area contributed by atoms with Crippen molar-refractivity contribution in [2.24, 2.45) is 0 Å². The maximum absolute atomic E-state index is 9.36. The van der Waals surface area contributed by atoms with Crippen LogP contribution < -0.4 is 0 Å². The van der Waals surface area contributed by atoms with Gasteiger partial charge in [0, 0.05) is 6.61 Å². The van der Waals surface area contributed by atoms with E-state index in [2.05, 4.69) is 6.92 Å². The number of unbranched alkanes of at least 4 members (excludes halogenated alkanes) is 9. The molecule has 0 rings (SSSR count). The van der Waals surface area contributed by atoms with Crippen molar-refractivity contribution < 1.29 is 15.0 Å². The minimum atomic E-state index is -0.759. The predicted octanol–water partition coefficient (Wildman–Crippen LogP) is 3.76. The predicted molar refractivity (Wildman–Crippen MR) is 92.6 cm³/mol. The van der Waals surface area contributed by atoms with Gasteiger partial charge in [0.25, 0.3) is 0 Å². The Kier molecular flexibility index (Phi) is 32.0. The van der Waals surface area contributed by atoms with Gasteiger partial charge in [-0.2, -0.15) is 0 Å². The molecular weight excluding hydrogens is 366 g/mol. The molecule has 0 aromatic carbocycles. The van der Waals surface area contributed by atoms with Gasteiger partial charge < -0.3 is 10.2 Å². The number of alkyl halides is 1. The molecule has 0 aliphatic rings. The Labute approximate surface area is 154 Å². The molecule has 19 heavy (non-hydrogen) atoms. The molecule has 0 aliphatic heterocycles. The van der Waals surface area contributed by atoms with Crippen LogP contribution >= 0.6 is 22.6 Å². The fourth-order valence-electron chi connectivity index (χ4n) is 1.60. The molecule has 5 heteroatoms. The van der Waals surface area contributed by atoms with Crippen molar-refractivity contribution in [3.63, 3.8) is 0 Å². The van der Waals surface area contributed by atoms with Crippen molar-refractivity contribution in [3.05, 3.63) is 0 Å². The number of hydrogen-bond donors (Lipinski definition) is 2. The summed E-state index contributed by atoms with van der Waals surface area (Å²) in [5.41, 5.74) is 0. The summed E-state index contributed by atoms with van der Waals surface area (Å²) < 4.78 is 0.192. The van der Waals surface area contributed by atoms with Gasteiger partial charge in [0.05, 0.1) is 4.43 Å². The number of carbonyl (C=O) groups is 1. The summed E-state index contributed by atoms with van der Waals surface area (Å²) in [5, 5.41) is 16.3. The Morgan fingerprint density at radius 3 is 1.47 bits per heavy atom. The van der Waals surface area contributed by atoms with E-state index in [0.29, 0.717) is 6.61 Å². The molecule has 0 spiro atoms. The van der Waals surface area contributed by atoms with Crippen LogP contribution in [0.2, 0.25) is 0 Å². The number of carboxylic acid groups (broad SMARTS) is 1. The number of rotatable bonds is 11. The summed E-state index contributed by atoms with van der Waals surface area (Å²) in [6.07, 6.45) is 13.3. The minimum absolute atomic E-state index is 0. The summed E-state index contributed by atoms with van der Waals surface area (Å²) in [6.45, 7) is 2.63. The van der Waals surface area contributed by atoms with Gasteiger partial charge in [-0.25, -0.2) is 0 Å². The molecule has 0 atom stereocenters.